The maximum absolute atomic E-state index is 12.6. The summed E-state index contributed by atoms with van der Waals surface area (Å²) < 4.78 is 26.7. The number of nitrogen functional groups attached to an aromatic ring is 1. The van der Waals surface area contributed by atoms with Crippen molar-refractivity contribution < 1.29 is 8.42 Å². The Morgan fingerprint density at radius 1 is 1.14 bits per heavy atom. The van der Waals surface area contributed by atoms with Crippen molar-refractivity contribution in [2.45, 2.75) is 17.4 Å². The minimum Gasteiger partial charge on any atom is -0.396 e. The minimum absolute atomic E-state index is 0.0429. The molecule has 0 aliphatic carbocycles. The van der Waals surface area contributed by atoms with Crippen molar-refractivity contribution in [3.8, 4) is 0 Å². The fourth-order valence-electron chi connectivity index (χ4n) is 2.68. The normalized spacial score (nSPS) is 19.7. The maximum atomic E-state index is 12.6. The van der Waals surface area contributed by atoms with E-state index in [0.29, 0.717) is 13.1 Å². The zero-order chi connectivity index (χ0) is 14.9. The van der Waals surface area contributed by atoms with Crippen LogP contribution in [0.25, 0.3) is 0 Å². The predicted molar refractivity (Wildman–Crippen MR) is 81.2 cm³/mol. The van der Waals surface area contributed by atoms with E-state index < -0.39 is 10.0 Å². The van der Waals surface area contributed by atoms with Gasteiger partial charge in [0.25, 0.3) is 10.0 Å². The average molecular weight is 303 g/mol. The molecule has 2 N–H and O–H groups in total. The molecule has 1 saturated heterocycles. The Balaban J connectivity index is 1.85. The van der Waals surface area contributed by atoms with Gasteiger partial charge in [-0.25, -0.2) is 13.4 Å². The second-order valence-electron chi connectivity index (χ2n) is 5.16. The summed E-state index contributed by atoms with van der Waals surface area (Å²) in [6, 6.07) is 13.2. The Hall–Kier alpha value is -1.92. The first-order valence-corrected chi connectivity index (χ1v) is 8.28. The van der Waals surface area contributed by atoms with Crippen molar-refractivity contribution in [3.05, 3.63) is 54.2 Å². The van der Waals surface area contributed by atoms with Crippen LogP contribution in [0.15, 0.2) is 53.7 Å². The Morgan fingerprint density at radius 2 is 1.90 bits per heavy atom. The summed E-state index contributed by atoms with van der Waals surface area (Å²) in [5, 5.41) is -0.0429. The number of hydrogen-bond acceptors (Lipinski definition) is 4. The molecule has 0 bridgehead atoms. The van der Waals surface area contributed by atoms with E-state index in [2.05, 4.69) is 4.98 Å². The Labute approximate surface area is 124 Å². The number of pyridine rings is 1. The molecule has 0 spiro atoms. The van der Waals surface area contributed by atoms with E-state index >= 15 is 0 Å². The first-order chi connectivity index (χ1) is 10.1. The van der Waals surface area contributed by atoms with Gasteiger partial charge in [0, 0.05) is 19.3 Å². The third-order valence-electron chi connectivity index (χ3n) is 3.81. The molecule has 1 unspecified atom stereocenters. The van der Waals surface area contributed by atoms with Crippen LogP contribution >= 0.6 is 0 Å². The number of sulfonamides is 1. The summed E-state index contributed by atoms with van der Waals surface area (Å²) in [6.45, 7) is 0.972. The molecule has 0 saturated carbocycles. The molecular weight excluding hydrogens is 286 g/mol. The number of nitrogens with zero attached hydrogens (tertiary/aromatic N) is 2. The summed E-state index contributed by atoms with van der Waals surface area (Å²) in [7, 11) is -3.61. The standard InChI is InChI=1S/C15H17N3O2S/c16-14-7-4-9-17-15(14)21(19,20)18-10-8-13(11-18)12-5-2-1-3-6-12/h1-7,9,13H,8,10-11,16H2. The molecule has 1 atom stereocenters. The van der Waals surface area contributed by atoms with Crippen LogP contribution in [0.3, 0.4) is 0 Å². The van der Waals surface area contributed by atoms with E-state index in [9.17, 15) is 8.42 Å². The van der Waals surface area contributed by atoms with Gasteiger partial charge in [0.1, 0.15) is 0 Å². The van der Waals surface area contributed by atoms with E-state index in [4.69, 9.17) is 5.73 Å². The Bertz CT molecular complexity index is 732. The fraction of sp³-hybridized carbons (Fsp3) is 0.267. The van der Waals surface area contributed by atoms with E-state index in [-0.39, 0.29) is 16.6 Å². The summed E-state index contributed by atoms with van der Waals surface area (Å²) in [5.74, 6) is 0.228. The van der Waals surface area contributed by atoms with Gasteiger partial charge < -0.3 is 5.73 Å². The smallest absolute Gasteiger partial charge is 0.262 e. The molecule has 0 amide bonds. The molecular formula is C15H17N3O2S. The van der Waals surface area contributed by atoms with Crippen molar-refractivity contribution >= 4 is 15.7 Å². The molecule has 3 rings (SSSR count). The summed E-state index contributed by atoms with van der Waals surface area (Å²) in [4.78, 5) is 3.94. The quantitative estimate of drug-likeness (QED) is 0.938. The van der Waals surface area contributed by atoms with Crippen LogP contribution in [0.1, 0.15) is 17.9 Å². The summed E-state index contributed by atoms with van der Waals surface area (Å²) >= 11 is 0. The first-order valence-electron chi connectivity index (χ1n) is 6.84. The lowest BCUT2D eigenvalue weighted by Gasteiger charge is -2.17. The average Bonchev–Trinajstić information content (AvgIpc) is 2.99. The van der Waals surface area contributed by atoms with Gasteiger partial charge >= 0.3 is 0 Å². The van der Waals surface area contributed by atoms with Gasteiger partial charge in [-0.2, -0.15) is 4.31 Å². The van der Waals surface area contributed by atoms with Crippen molar-refractivity contribution in [2.24, 2.45) is 0 Å². The van der Waals surface area contributed by atoms with Crippen LogP contribution in [0, 0.1) is 0 Å². The number of hydrogen-bond donors (Lipinski definition) is 1. The van der Waals surface area contributed by atoms with Crippen molar-refractivity contribution in [1.82, 2.24) is 9.29 Å². The molecule has 2 heterocycles. The van der Waals surface area contributed by atoms with Crippen LogP contribution in [0.5, 0.6) is 0 Å². The molecule has 0 radical (unpaired) electrons. The largest absolute Gasteiger partial charge is 0.396 e. The third kappa shape index (κ3) is 2.64. The van der Waals surface area contributed by atoms with Gasteiger partial charge in [0.15, 0.2) is 5.03 Å². The van der Waals surface area contributed by atoms with E-state index in [1.807, 2.05) is 30.3 Å². The van der Waals surface area contributed by atoms with Crippen LogP contribution in [0.4, 0.5) is 5.69 Å². The van der Waals surface area contributed by atoms with Crippen LogP contribution in [-0.4, -0.2) is 30.8 Å². The Kier molecular flexibility index (Phi) is 3.65. The predicted octanol–water partition coefficient (Wildman–Crippen LogP) is 1.84. The van der Waals surface area contributed by atoms with Gasteiger partial charge in [0.2, 0.25) is 0 Å². The molecule has 5 nitrogen and oxygen atoms in total. The van der Waals surface area contributed by atoms with Crippen LogP contribution < -0.4 is 5.73 Å². The second-order valence-corrected chi connectivity index (χ2v) is 7.01. The van der Waals surface area contributed by atoms with Gasteiger partial charge in [-0.05, 0) is 30.0 Å². The number of nitrogens with two attached hydrogens (primary N) is 1. The molecule has 1 aliphatic heterocycles. The van der Waals surface area contributed by atoms with Crippen LogP contribution in [0.2, 0.25) is 0 Å². The number of anilines is 1. The highest BCUT2D eigenvalue weighted by Crippen LogP contribution is 2.31. The van der Waals surface area contributed by atoms with Crippen molar-refractivity contribution in [1.29, 1.82) is 0 Å². The van der Waals surface area contributed by atoms with E-state index in [0.717, 1.165) is 6.42 Å². The highest BCUT2D eigenvalue weighted by Gasteiger charge is 2.34. The minimum atomic E-state index is -3.61. The lowest BCUT2D eigenvalue weighted by Crippen LogP contribution is -2.30. The Morgan fingerprint density at radius 3 is 2.62 bits per heavy atom. The van der Waals surface area contributed by atoms with Crippen LogP contribution in [-0.2, 0) is 10.0 Å². The monoisotopic (exact) mass is 303 g/mol. The van der Waals surface area contributed by atoms with Gasteiger partial charge in [0.05, 0.1) is 5.69 Å². The third-order valence-corrected chi connectivity index (χ3v) is 5.65. The summed E-state index contributed by atoms with van der Waals surface area (Å²) in [5.41, 5.74) is 7.12. The fourth-order valence-corrected chi connectivity index (χ4v) is 4.21. The maximum Gasteiger partial charge on any atom is 0.262 e. The SMILES string of the molecule is Nc1cccnc1S(=O)(=O)N1CCC(c2ccccc2)C1. The molecule has 1 aromatic heterocycles. The van der Waals surface area contributed by atoms with Gasteiger partial charge in [-0.3, -0.25) is 0 Å². The highest BCUT2D eigenvalue weighted by atomic mass is 32.2. The van der Waals surface area contributed by atoms with Crippen molar-refractivity contribution in [2.75, 3.05) is 18.8 Å². The molecule has 2 aromatic rings. The van der Waals surface area contributed by atoms with Crippen molar-refractivity contribution in [3.63, 3.8) is 0 Å². The molecule has 6 heteroatoms. The number of benzene rings is 1. The zero-order valence-corrected chi connectivity index (χ0v) is 12.3. The lowest BCUT2D eigenvalue weighted by atomic mass is 9.99. The molecule has 1 fully saturated rings. The van der Waals surface area contributed by atoms with Gasteiger partial charge in [-0.1, -0.05) is 30.3 Å². The number of rotatable bonds is 3. The highest BCUT2D eigenvalue weighted by molar-refractivity contribution is 7.89. The van der Waals surface area contributed by atoms with Gasteiger partial charge in [-0.15, -0.1) is 0 Å². The summed E-state index contributed by atoms with van der Waals surface area (Å²) in [6.07, 6.45) is 2.27. The number of aromatic nitrogens is 1. The molecule has 1 aliphatic rings. The lowest BCUT2D eigenvalue weighted by molar-refractivity contribution is 0.470. The first kappa shape index (κ1) is 14.0. The topological polar surface area (TPSA) is 76.3 Å². The van der Waals surface area contributed by atoms with E-state index in [1.165, 1.54) is 16.1 Å². The zero-order valence-electron chi connectivity index (χ0n) is 11.5. The van der Waals surface area contributed by atoms with E-state index in [1.54, 1.807) is 12.1 Å². The molecule has 110 valence electrons. The molecule has 1 aromatic carbocycles. The second kappa shape index (κ2) is 5.46. The molecule has 21 heavy (non-hydrogen) atoms.